The van der Waals surface area contributed by atoms with Crippen LogP contribution >= 0.6 is 0 Å². The molecule has 0 radical (unpaired) electrons. The van der Waals surface area contributed by atoms with E-state index in [1.807, 2.05) is 58.0 Å². The van der Waals surface area contributed by atoms with Crippen LogP contribution in [0, 0.1) is 0 Å². The molecular formula is C25H34N2O5. The van der Waals surface area contributed by atoms with Crippen LogP contribution < -0.4 is 19.5 Å². The standard InChI is InChI=1S/C25H34N2O5/c1-7-22(24(29)26-25(2,3)4)27(16-18-11-9-8-10-12-18)23(28)17-32-21-14-19(30-5)13-20(15-21)31-6/h8-15,22H,7,16-17H2,1-6H3,(H,26,29)/t22-/m0/s1. The summed E-state index contributed by atoms with van der Waals surface area (Å²) in [6.07, 6.45) is 0.480. The van der Waals surface area contributed by atoms with Crippen LogP contribution in [-0.4, -0.2) is 49.1 Å². The number of carbonyl (C=O) groups is 2. The number of nitrogens with one attached hydrogen (secondary N) is 1. The molecule has 0 heterocycles. The second-order valence-electron chi connectivity index (χ2n) is 8.51. The molecule has 2 aromatic rings. The van der Waals surface area contributed by atoms with Gasteiger partial charge in [0.1, 0.15) is 23.3 Å². The molecule has 1 N–H and O–H groups in total. The van der Waals surface area contributed by atoms with Crippen molar-refractivity contribution in [3.8, 4) is 17.2 Å². The van der Waals surface area contributed by atoms with Crippen LogP contribution in [0.25, 0.3) is 0 Å². The van der Waals surface area contributed by atoms with E-state index < -0.39 is 11.6 Å². The maximum absolute atomic E-state index is 13.3. The predicted octanol–water partition coefficient (Wildman–Crippen LogP) is 3.80. The van der Waals surface area contributed by atoms with Crippen LogP contribution in [0.3, 0.4) is 0 Å². The van der Waals surface area contributed by atoms with E-state index in [9.17, 15) is 9.59 Å². The summed E-state index contributed by atoms with van der Waals surface area (Å²) in [5, 5.41) is 2.99. The van der Waals surface area contributed by atoms with Crippen molar-refractivity contribution in [1.29, 1.82) is 0 Å². The highest BCUT2D eigenvalue weighted by Crippen LogP contribution is 2.27. The molecular weight excluding hydrogens is 408 g/mol. The van der Waals surface area contributed by atoms with Crippen molar-refractivity contribution in [3.63, 3.8) is 0 Å². The molecule has 0 spiro atoms. The summed E-state index contributed by atoms with van der Waals surface area (Å²) in [6.45, 7) is 7.73. The number of rotatable bonds is 10. The Hall–Kier alpha value is -3.22. The van der Waals surface area contributed by atoms with Gasteiger partial charge in [-0.05, 0) is 32.8 Å². The molecule has 0 unspecified atom stereocenters. The largest absolute Gasteiger partial charge is 0.496 e. The molecule has 174 valence electrons. The summed E-state index contributed by atoms with van der Waals surface area (Å²) in [7, 11) is 3.09. The molecule has 32 heavy (non-hydrogen) atoms. The van der Waals surface area contributed by atoms with E-state index in [-0.39, 0.29) is 18.4 Å². The van der Waals surface area contributed by atoms with E-state index in [2.05, 4.69) is 5.32 Å². The highest BCUT2D eigenvalue weighted by molar-refractivity contribution is 5.88. The number of methoxy groups -OCH3 is 2. The first-order valence-electron chi connectivity index (χ1n) is 10.7. The molecule has 7 nitrogen and oxygen atoms in total. The Balaban J connectivity index is 2.24. The summed E-state index contributed by atoms with van der Waals surface area (Å²) < 4.78 is 16.3. The number of hydrogen-bond donors (Lipinski definition) is 1. The fourth-order valence-electron chi connectivity index (χ4n) is 3.25. The summed E-state index contributed by atoms with van der Waals surface area (Å²) in [5.74, 6) is 1.09. The van der Waals surface area contributed by atoms with Gasteiger partial charge in [-0.3, -0.25) is 9.59 Å². The van der Waals surface area contributed by atoms with E-state index in [1.165, 1.54) is 0 Å². The third-order valence-corrected chi connectivity index (χ3v) is 4.77. The lowest BCUT2D eigenvalue weighted by molar-refractivity contribution is -0.143. The molecule has 0 saturated heterocycles. The van der Waals surface area contributed by atoms with Crippen LogP contribution in [0.2, 0.25) is 0 Å². The number of ether oxygens (including phenoxy) is 3. The maximum Gasteiger partial charge on any atom is 0.261 e. The monoisotopic (exact) mass is 442 g/mol. The van der Waals surface area contributed by atoms with Gasteiger partial charge in [-0.25, -0.2) is 0 Å². The van der Waals surface area contributed by atoms with Crippen LogP contribution in [-0.2, 0) is 16.1 Å². The summed E-state index contributed by atoms with van der Waals surface area (Å²) in [5.41, 5.74) is 0.533. The van der Waals surface area contributed by atoms with Gasteiger partial charge in [-0.2, -0.15) is 0 Å². The average molecular weight is 443 g/mol. The normalized spacial score (nSPS) is 11.9. The highest BCUT2D eigenvalue weighted by Gasteiger charge is 2.30. The Bertz CT molecular complexity index is 871. The van der Waals surface area contributed by atoms with Crippen molar-refractivity contribution in [1.82, 2.24) is 10.2 Å². The molecule has 0 aliphatic carbocycles. The Morgan fingerprint density at radius 1 is 0.969 bits per heavy atom. The molecule has 1 atom stereocenters. The van der Waals surface area contributed by atoms with Gasteiger partial charge in [0.25, 0.3) is 5.91 Å². The zero-order valence-electron chi connectivity index (χ0n) is 19.8. The number of carbonyl (C=O) groups excluding carboxylic acids is 2. The van der Waals surface area contributed by atoms with E-state index in [0.717, 1.165) is 5.56 Å². The average Bonchev–Trinajstić information content (AvgIpc) is 2.76. The third-order valence-electron chi connectivity index (χ3n) is 4.77. The van der Waals surface area contributed by atoms with Crippen molar-refractivity contribution in [2.75, 3.05) is 20.8 Å². The quantitative estimate of drug-likeness (QED) is 0.606. The van der Waals surface area contributed by atoms with E-state index in [4.69, 9.17) is 14.2 Å². The minimum atomic E-state index is -0.620. The van der Waals surface area contributed by atoms with Crippen molar-refractivity contribution >= 4 is 11.8 Å². The Kier molecular flexibility index (Phi) is 8.93. The minimum Gasteiger partial charge on any atom is -0.496 e. The lowest BCUT2D eigenvalue weighted by atomic mass is 10.1. The van der Waals surface area contributed by atoms with Crippen molar-refractivity contribution in [3.05, 3.63) is 54.1 Å². The molecule has 0 aromatic heterocycles. The van der Waals surface area contributed by atoms with Crippen molar-refractivity contribution in [2.45, 2.75) is 52.2 Å². The lowest BCUT2D eigenvalue weighted by Gasteiger charge is -2.33. The first kappa shape index (κ1) is 25.0. The Labute approximate surface area is 190 Å². The molecule has 2 rings (SSSR count). The first-order chi connectivity index (χ1) is 15.2. The summed E-state index contributed by atoms with van der Waals surface area (Å²) in [6, 6.07) is 14.1. The van der Waals surface area contributed by atoms with Gasteiger partial charge >= 0.3 is 0 Å². The van der Waals surface area contributed by atoms with Gasteiger partial charge in [0, 0.05) is 30.3 Å². The molecule has 2 aromatic carbocycles. The molecule has 2 amide bonds. The van der Waals surface area contributed by atoms with E-state index in [0.29, 0.717) is 30.2 Å². The van der Waals surface area contributed by atoms with Gasteiger partial charge in [0.2, 0.25) is 5.91 Å². The molecule has 0 saturated carbocycles. The lowest BCUT2D eigenvalue weighted by Crippen LogP contribution is -2.54. The SMILES string of the molecule is CC[C@@H](C(=O)NC(C)(C)C)N(Cc1ccccc1)C(=O)COc1cc(OC)cc(OC)c1. The van der Waals surface area contributed by atoms with Gasteiger partial charge in [0.15, 0.2) is 6.61 Å². The van der Waals surface area contributed by atoms with Crippen LogP contribution in [0.15, 0.2) is 48.5 Å². The predicted molar refractivity (Wildman–Crippen MR) is 124 cm³/mol. The number of benzene rings is 2. The number of amides is 2. The zero-order chi connectivity index (χ0) is 23.7. The van der Waals surface area contributed by atoms with E-state index >= 15 is 0 Å². The van der Waals surface area contributed by atoms with Gasteiger partial charge in [0.05, 0.1) is 14.2 Å². The van der Waals surface area contributed by atoms with Crippen molar-refractivity contribution < 1.29 is 23.8 Å². The fraction of sp³-hybridized carbons (Fsp3) is 0.440. The topological polar surface area (TPSA) is 77.1 Å². The van der Waals surface area contributed by atoms with Crippen LogP contribution in [0.4, 0.5) is 0 Å². The summed E-state index contributed by atoms with van der Waals surface area (Å²) in [4.78, 5) is 27.8. The molecule has 7 heteroatoms. The Morgan fingerprint density at radius 2 is 1.53 bits per heavy atom. The number of nitrogens with zero attached hydrogens (tertiary/aromatic N) is 1. The Morgan fingerprint density at radius 3 is 2.03 bits per heavy atom. The van der Waals surface area contributed by atoms with Crippen LogP contribution in [0.1, 0.15) is 39.7 Å². The molecule has 0 aliphatic rings. The third kappa shape index (κ3) is 7.48. The molecule has 0 aliphatic heterocycles. The zero-order valence-corrected chi connectivity index (χ0v) is 19.8. The second-order valence-corrected chi connectivity index (χ2v) is 8.51. The first-order valence-corrected chi connectivity index (χ1v) is 10.7. The maximum atomic E-state index is 13.3. The van der Waals surface area contributed by atoms with Gasteiger partial charge < -0.3 is 24.4 Å². The van der Waals surface area contributed by atoms with Gasteiger partial charge in [-0.1, -0.05) is 37.3 Å². The summed E-state index contributed by atoms with van der Waals surface area (Å²) >= 11 is 0. The fourth-order valence-corrected chi connectivity index (χ4v) is 3.25. The second kappa shape index (κ2) is 11.4. The van der Waals surface area contributed by atoms with E-state index in [1.54, 1.807) is 37.3 Å². The molecule has 0 fully saturated rings. The molecule has 0 bridgehead atoms. The van der Waals surface area contributed by atoms with Gasteiger partial charge in [-0.15, -0.1) is 0 Å². The van der Waals surface area contributed by atoms with Crippen LogP contribution in [0.5, 0.6) is 17.2 Å². The highest BCUT2D eigenvalue weighted by atomic mass is 16.5. The smallest absolute Gasteiger partial charge is 0.261 e. The van der Waals surface area contributed by atoms with Crippen molar-refractivity contribution in [2.24, 2.45) is 0 Å². The minimum absolute atomic E-state index is 0.188. The number of hydrogen-bond acceptors (Lipinski definition) is 5.